The van der Waals surface area contributed by atoms with Gasteiger partial charge in [0, 0.05) is 37.8 Å². The summed E-state index contributed by atoms with van der Waals surface area (Å²) in [6.07, 6.45) is -0.633. The molecular formula is C12H18FNO4PU-. The van der Waals surface area contributed by atoms with Crippen LogP contribution in [-0.4, -0.2) is 50.4 Å². The van der Waals surface area contributed by atoms with Crippen LogP contribution in [0, 0.1) is 44.3 Å². The molecule has 5 atom stereocenters. The molecule has 0 N–H and O–H groups in total. The van der Waals surface area contributed by atoms with Gasteiger partial charge in [-0.15, -0.1) is 0 Å². The van der Waals surface area contributed by atoms with Gasteiger partial charge in [-0.25, -0.2) is 11.0 Å². The maximum atomic E-state index is 13.0. The van der Waals surface area contributed by atoms with Gasteiger partial charge in [-0.3, -0.25) is 0 Å². The quantitative estimate of drug-likeness (QED) is 0.289. The second-order valence-electron chi connectivity index (χ2n) is 4.49. The zero-order valence-corrected chi connectivity index (χ0v) is 16.6. The topological polar surface area (TPSA) is 41.3 Å². The van der Waals surface area contributed by atoms with Crippen LogP contribution in [0.1, 0.15) is 13.3 Å². The molecule has 2 aliphatic rings. The Morgan fingerprint density at radius 3 is 2.90 bits per heavy atom. The molecule has 0 aliphatic carbocycles. The molecule has 2 fully saturated rings. The summed E-state index contributed by atoms with van der Waals surface area (Å²) in [5.74, 6) is 0. The van der Waals surface area contributed by atoms with Gasteiger partial charge in [-0.2, -0.15) is 6.61 Å². The molecule has 8 heteroatoms. The van der Waals surface area contributed by atoms with Crippen molar-refractivity contribution in [2.75, 3.05) is 26.5 Å². The number of nitrogens with zero attached hydrogens (tertiary/aromatic N) is 1. The fraction of sp³-hybridized carbons (Fsp3) is 0.833. The summed E-state index contributed by atoms with van der Waals surface area (Å²) in [7, 11) is -1.12. The van der Waals surface area contributed by atoms with Crippen LogP contribution in [0.4, 0.5) is 4.39 Å². The predicted octanol–water partition coefficient (Wildman–Crippen LogP) is 2.33. The van der Waals surface area contributed by atoms with Crippen LogP contribution >= 0.6 is 8.38 Å². The second kappa shape index (κ2) is 8.39. The van der Waals surface area contributed by atoms with E-state index in [1.165, 1.54) is 0 Å². The molecule has 2 aliphatic heterocycles. The molecule has 2 heterocycles. The Hall–Kier alpha value is 0.742. The van der Waals surface area contributed by atoms with E-state index in [0.29, 0.717) is 19.6 Å². The summed E-state index contributed by atoms with van der Waals surface area (Å²) in [4.78, 5) is 3.21. The zero-order valence-electron chi connectivity index (χ0n) is 11.5. The monoisotopic (exact) mass is 528 g/mol. The number of ether oxygens (including phenoxy) is 2. The molecule has 0 radical (unpaired) electrons. The van der Waals surface area contributed by atoms with Crippen LogP contribution in [0.15, 0.2) is 0 Å². The molecule has 2 bridgehead atoms. The molecular weight excluding hydrogens is 510 g/mol. The normalized spacial score (nSPS) is 36.4. The molecule has 5 nitrogen and oxygen atoms in total. The first kappa shape index (κ1) is 18.8. The van der Waals surface area contributed by atoms with Crippen LogP contribution in [0.5, 0.6) is 0 Å². The Morgan fingerprint density at radius 2 is 2.30 bits per heavy atom. The van der Waals surface area contributed by atoms with Crippen molar-refractivity contribution in [2.45, 2.75) is 37.3 Å². The molecule has 2 saturated heterocycles. The van der Waals surface area contributed by atoms with Gasteiger partial charge in [0.15, 0.2) is 8.38 Å². The molecule has 0 amide bonds. The summed E-state index contributed by atoms with van der Waals surface area (Å²) in [6.45, 7) is 12.1. The average molecular weight is 528 g/mol. The maximum Gasteiger partial charge on any atom is 0.238 e. The average Bonchev–Trinajstić information content (AvgIpc) is 2.91. The van der Waals surface area contributed by atoms with Gasteiger partial charge in [-0.1, -0.05) is 6.92 Å². The third-order valence-corrected chi connectivity index (χ3v) is 4.57. The third-order valence-electron chi connectivity index (χ3n) is 3.50. The first-order valence-electron chi connectivity index (χ1n) is 6.27. The fourth-order valence-electron chi connectivity index (χ4n) is 2.51. The summed E-state index contributed by atoms with van der Waals surface area (Å²) < 4.78 is 35.5. The number of alkyl halides is 1. The Bertz CT molecular complexity index is 359. The van der Waals surface area contributed by atoms with E-state index < -0.39 is 26.8 Å². The van der Waals surface area contributed by atoms with Gasteiger partial charge in [0.25, 0.3) is 0 Å². The van der Waals surface area contributed by atoms with E-state index in [1.807, 2.05) is 13.6 Å². The SMILES string of the molecule is [C-]#[N+]CCOP(C)O[C@H]1[C@@H]2[CH-]O[C@@]1(CC)C(CF)O2.[U]. The molecule has 0 spiro atoms. The molecule has 2 unspecified atom stereocenters. The minimum absolute atomic E-state index is 0. The van der Waals surface area contributed by atoms with E-state index in [0.717, 1.165) is 0 Å². The minimum Gasteiger partial charge on any atom is -0.541 e. The smallest absolute Gasteiger partial charge is 0.238 e. The van der Waals surface area contributed by atoms with Gasteiger partial charge in [0.05, 0.1) is 11.7 Å². The Balaban J connectivity index is 0.00000200. The largest absolute Gasteiger partial charge is 0.541 e. The van der Waals surface area contributed by atoms with Crippen molar-refractivity contribution in [3.63, 3.8) is 0 Å². The van der Waals surface area contributed by atoms with Crippen LogP contribution < -0.4 is 0 Å². The number of hydrogen-bond donors (Lipinski definition) is 0. The molecule has 0 aromatic carbocycles. The van der Waals surface area contributed by atoms with E-state index in [4.69, 9.17) is 25.1 Å². The maximum absolute atomic E-state index is 13.0. The van der Waals surface area contributed by atoms with Gasteiger partial charge >= 0.3 is 0 Å². The van der Waals surface area contributed by atoms with Crippen molar-refractivity contribution in [3.8, 4) is 0 Å². The van der Waals surface area contributed by atoms with Crippen LogP contribution in [0.25, 0.3) is 4.85 Å². The number of hydrogen-bond acceptors (Lipinski definition) is 4. The van der Waals surface area contributed by atoms with Gasteiger partial charge in [0.2, 0.25) is 6.54 Å². The molecule has 20 heavy (non-hydrogen) atoms. The van der Waals surface area contributed by atoms with E-state index in [2.05, 4.69) is 4.85 Å². The van der Waals surface area contributed by atoms with Crippen molar-refractivity contribution < 1.29 is 54.0 Å². The number of halogens is 1. The van der Waals surface area contributed by atoms with Crippen molar-refractivity contribution in [3.05, 3.63) is 18.0 Å². The van der Waals surface area contributed by atoms with Crippen molar-refractivity contribution >= 4 is 8.38 Å². The minimum atomic E-state index is -1.12. The van der Waals surface area contributed by atoms with E-state index in [-0.39, 0.29) is 43.3 Å². The summed E-state index contributed by atoms with van der Waals surface area (Å²) in [5.41, 5.74) is -0.737. The summed E-state index contributed by atoms with van der Waals surface area (Å²) >= 11 is 0. The molecule has 0 aromatic heterocycles. The Labute approximate surface area is 144 Å². The second-order valence-corrected chi connectivity index (χ2v) is 5.84. The third kappa shape index (κ3) is 3.55. The van der Waals surface area contributed by atoms with Crippen LogP contribution in [-0.2, 0) is 18.5 Å². The standard InChI is InChI=1S/C12H18FNO4P.U/c1-4-12-10(7-13)17-9(8-15-12)11(12)18-19(3)16-6-5-14-2;/h8-11H,4-7H2,1,3H3;/q-1;/t9-,10?,11-,12-,19?;/m0./s1. The van der Waals surface area contributed by atoms with Crippen molar-refractivity contribution in [2.24, 2.45) is 0 Å². The predicted molar refractivity (Wildman–Crippen MR) is 68.2 cm³/mol. The molecule has 0 aromatic rings. The van der Waals surface area contributed by atoms with Crippen LogP contribution in [0.3, 0.4) is 0 Å². The zero-order chi connectivity index (χ0) is 13.9. The van der Waals surface area contributed by atoms with E-state index in [1.54, 1.807) is 6.61 Å². The van der Waals surface area contributed by atoms with Crippen LogP contribution in [0.2, 0.25) is 0 Å². The molecule has 2 rings (SSSR count). The van der Waals surface area contributed by atoms with Gasteiger partial charge in [0.1, 0.15) is 19.4 Å². The first-order chi connectivity index (χ1) is 9.17. The summed E-state index contributed by atoms with van der Waals surface area (Å²) in [6, 6.07) is 0. The Kier molecular flexibility index (Phi) is 7.89. The fourth-order valence-corrected chi connectivity index (χ4v) is 3.53. The Morgan fingerprint density at radius 1 is 1.55 bits per heavy atom. The number of rotatable bonds is 7. The molecule has 112 valence electrons. The molecule has 0 saturated carbocycles. The van der Waals surface area contributed by atoms with Crippen molar-refractivity contribution in [1.82, 2.24) is 0 Å². The number of fused-ring (bicyclic) bond motifs is 2. The van der Waals surface area contributed by atoms with Gasteiger partial charge < -0.3 is 23.4 Å². The first-order valence-corrected chi connectivity index (χ1v) is 7.89. The summed E-state index contributed by atoms with van der Waals surface area (Å²) in [5, 5.41) is 0. The van der Waals surface area contributed by atoms with E-state index >= 15 is 0 Å². The van der Waals surface area contributed by atoms with Crippen molar-refractivity contribution in [1.29, 1.82) is 0 Å². The van der Waals surface area contributed by atoms with E-state index in [9.17, 15) is 4.39 Å². The van der Waals surface area contributed by atoms with Gasteiger partial charge in [-0.05, 0) is 12.5 Å².